The van der Waals surface area contributed by atoms with Crippen LogP contribution in [0.5, 0.6) is 0 Å². The van der Waals surface area contributed by atoms with Crippen molar-refractivity contribution in [2.75, 3.05) is 0 Å². The topological polar surface area (TPSA) is 17.1 Å². The largest absolute Gasteiger partial charge is 0.298 e. The van der Waals surface area contributed by atoms with Crippen LogP contribution in [0.4, 0.5) is 0 Å². The molecule has 0 aliphatic heterocycles. The molecule has 1 heteroatoms. The van der Waals surface area contributed by atoms with Gasteiger partial charge in [-0.1, -0.05) is 27.7 Å². The number of carbonyl (C=O) groups excluding carboxylic acids is 1. The molecule has 0 aromatic carbocycles. The van der Waals surface area contributed by atoms with E-state index in [0.717, 1.165) is 25.7 Å². The molecule has 1 nitrogen and oxygen atoms in total. The monoisotopic (exact) mass is 192 g/mol. The first-order valence-electron chi connectivity index (χ1n) is 5.43. The Kier molecular flexibility index (Phi) is 3.04. The quantitative estimate of drug-likeness (QED) is 0.583. The molecule has 0 heterocycles. The molecule has 0 aromatic heterocycles. The minimum Gasteiger partial charge on any atom is -0.298 e. The van der Waals surface area contributed by atoms with Crippen LogP contribution < -0.4 is 0 Å². The molecule has 78 valence electrons. The van der Waals surface area contributed by atoms with Crippen LogP contribution >= 0.6 is 0 Å². The van der Waals surface area contributed by atoms with E-state index in [1.54, 1.807) is 0 Å². The summed E-state index contributed by atoms with van der Waals surface area (Å²) in [5.74, 6) is 6.56. The summed E-state index contributed by atoms with van der Waals surface area (Å²) in [6, 6.07) is 0. The van der Waals surface area contributed by atoms with Gasteiger partial charge in [0.1, 0.15) is 5.78 Å². The number of rotatable bonds is 1. The first-order valence-corrected chi connectivity index (χ1v) is 5.43. The van der Waals surface area contributed by atoms with E-state index in [2.05, 4.69) is 18.8 Å². The number of carbonyl (C=O) groups is 1. The second-order valence-electron chi connectivity index (χ2n) is 5.16. The van der Waals surface area contributed by atoms with Gasteiger partial charge in [-0.25, -0.2) is 0 Å². The van der Waals surface area contributed by atoms with Crippen molar-refractivity contribution in [2.45, 2.75) is 53.4 Å². The van der Waals surface area contributed by atoms with Crippen molar-refractivity contribution in [3.63, 3.8) is 0 Å². The summed E-state index contributed by atoms with van der Waals surface area (Å²) >= 11 is 0. The standard InChI is InChI=1S/C13H20O/c1-5-6-7-8-13(4)10-9-12(2,3)11(13)14/h5,8-10H2,1-4H3. The summed E-state index contributed by atoms with van der Waals surface area (Å²) in [7, 11) is 0. The molecule has 1 aliphatic rings. The Labute approximate surface area is 87.3 Å². The van der Waals surface area contributed by atoms with Crippen molar-refractivity contribution in [1.29, 1.82) is 0 Å². The Balaban J connectivity index is 2.73. The van der Waals surface area contributed by atoms with Gasteiger partial charge in [0, 0.05) is 23.7 Å². The van der Waals surface area contributed by atoms with Crippen LogP contribution in [-0.4, -0.2) is 5.78 Å². The van der Waals surface area contributed by atoms with Gasteiger partial charge < -0.3 is 0 Å². The zero-order chi connectivity index (χ0) is 10.8. The van der Waals surface area contributed by atoms with Crippen molar-refractivity contribution in [3.05, 3.63) is 0 Å². The Morgan fingerprint density at radius 2 is 1.86 bits per heavy atom. The van der Waals surface area contributed by atoms with Gasteiger partial charge in [0.25, 0.3) is 0 Å². The molecule has 14 heavy (non-hydrogen) atoms. The van der Waals surface area contributed by atoms with Crippen molar-refractivity contribution in [2.24, 2.45) is 10.8 Å². The van der Waals surface area contributed by atoms with Gasteiger partial charge in [0.15, 0.2) is 0 Å². The fraction of sp³-hybridized carbons (Fsp3) is 0.769. The summed E-state index contributed by atoms with van der Waals surface area (Å²) in [6.07, 6.45) is 3.63. The summed E-state index contributed by atoms with van der Waals surface area (Å²) in [5, 5.41) is 0. The third-order valence-electron chi connectivity index (χ3n) is 3.24. The average Bonchev–Trinajstić information content (AvgIpc) is 2.32. The van der Waals surface area contributed by atoms with E-state index in [9.17, 15) is 4.79 Å². The smallest absolute Gasteiger partial charge is 0.145 e. The van der Waals surface area contributed by atoms with E-state index in [0.29, 0.717) is 5.78 Å². The van der Waals surface area contributed by atoms with Gasteiger partial charge in [-0.15, -0.1) is 11.8 Å². The zero-order valence-electron chi connectivity index (χ0n) is 9.74. The molecule has 1 aliphatic carbocycles. The molecule has 0 saturated heterocycles. The molecule has 0 aromatic rings. The lowest BCUT2D eigenvalue weighted by Gasteiger charge is -2.22. The van der Waals surface area contributed by atoms with Crippen LogP contribution in [0.25, 0.3) is 0 Å². The fourth-order valence-electron chi connectivity index (χ4n) is 2.18. The van der Waals surface area contributed by atoms with Gasteiger partial charge in [-0.05, 0) is 12.8 Å². The highest BCUT2D eigenvalue weighted by Gasteiger charge is 2.48. The second-order valence-corrected chi connectivity index (χ2v) is 5.16. The first kappa shape index (κ1) is 11.3. The van der Waals surface area contributed by atoms with E-state index in [4.69, 9.17) is 0 Å². The maximum atomic E-state index is 12.1. The molecule has 1 rings (SSSR count). The lowest BCUT2D eigenvalue weighted by molar-refractivity contribution is -0.131. The summed E-state index contributed by atoms with van der Waals surface area (Å²) < 4.78 is 0. The van der Waals surface area contributed by atoms with Gasteiger partial charge in [-0.2, -0.15) is 0 Å². The fourth-order valence-corrected chi connectivity index (χ4v) is 2.18. The SMILES string of the molecule is CCC#CCC1(C)CCC(C)(C)C1=O. The predicted molar refractivity (Wildman–Crippen MR) is 58.8 cm³/mol. The maximum absolute atomic E-state index is 12.1. The molecule has 0 radical (unpaired) electrons. The van der Waals surface area contributed by atoms with Crippen molar-refractivity contribution in [1.82, 2.24) is 0 Å². The predicted octanol–water partition coefficient (Wildman–Crippen LogP) is 3.19. The molecule has 1 atom stereocenters. The number of ketones is 1. The van der Waals surface area contributed by atoms with Crippen molar-refractivity contribution < 1.29 is 4.79 Å². The molecular weight excluding hydrogens is 172 g/mol. The van der Waals surface area contributed by atoms with Crippen LogP contribution in [0.1, 0.15) is 53.4 Å². The van der Waals surface area contributed by atoms with Gasteiger partial charge in [0.2, 0.25) is 0 Å². The maximum Gasteiger partial charge on any atom is 0.145 e. The van der Waals surface area contributed by atoms with Crippen LogP contribution in [0.2, 0.25) is 0 Å². The van der Waals surface area contributed by atoms with Gasteiger partial charge >= 0.3 is 0 Å². The minimum absolute atomic E-state index is 0.122. The molecule has 0 spiro atoms. The van der Waals surface area contributed by atoms with Crippen LogP contribution in [0.15, 0.2) is 0 Å². The van der Waals surface area contributed by atoms with Crippen molar-refractivity contribution in [3.8, 4) is 11.8 Å². The summed E-state index contributed by atoms with van der Waals surface area (Å²) in [6.45, 7) is 8.20. The highest BCUT2D eigenvalue weighted by molar-refractivity contribution is 5.91. The lowest BCUT2D eigenvalue weighted by Crippen LogP contribution is -2.29. The van der Waals surface area contributed by atoms with E-state index < -0.39 is 0 Å². The van der Waals surface area contributed by atoms with Crippen LogP contribution in [0, 0.1) is 22.7 Å². The Morgan fingerprint density at radius 1 is 1.21 bits per heavy atom. The molecule has 0 amide bonds. The van der Waals surface area contributed by atoms with E-state index in [1.807, 2.05) is 20.8 Å². The average molecular weight is 192 g/mol. The number of hydrogen-bond acceptors (Lipinski definition) is 1. The third kappa shape index (κ3) is 2.00. The van der Waals surface area contributed by atoms with E-state index >= 15 is 0 Å². The van der Waals surface area contributed by atoms with Crippen LogP contribution in [-0.2, 0) is 4.79 Å². The minimum atomic E-state index is -0.175. The molecule has 1 saturated carbocycles. The van der Waals surface area contributed by atoms with Gasteiger partial charge in [-0.3, -0.25) is 4.79 Å². The lowest BCUT2D eigenvalue weighted by atomic mass is 9.79. The molecule has 0 N–H and O–H groups in total. The third-order valence-corrected chi connectivity index (χ3v) is 3.24. The van der Waals surface area contributed by atoms with Gasteiger partial charge in [0.05, 0.1) is 0 Å². The Morgan fingerprint density at radius 3 is 2.29 bits per heavy atom. The van der Waals surface area contributed by atoms with E-state index in [1.165, 1.54) is 0 Å². The second kappa shape index (κ2) is 3.77. The number of Topliss-reactive ketones (excluding diaryl/α,β-unsaturated/α-hetero) is 1. The van der Waals surface area contributed by atoms with Crippen LogP contribution in [0.3, 0.4) is 0 Å². The molecule has 0 bridgehead atoms. The Bertz CT molecular complexity index is 290. The first-order chi connectivity index (χ1) is 6.42. The molecule has 1 unspecified atom stereocenters. The highest BCUT2D eigenvalue weighted by Crippen LogP contribution is 2.47. The summed E-state index contributed by atoms with van der Waals surface area (Å²) in [4.78, 5) is 12.1. The highest BCUT2D eigenvalue weighted by atomic mass is 16.1. The number of hydrogen-bond donors (Lipinski definition) is 0. The molecule has 1 fully saturated rings. The summed E-state index contributed by atoms with van der Waals surface area (Å²) in [5.41, 5.74) is -0.297. The van der Waals surface area contributed by atoms with E-state index in [-0.39, 0.29) is 10.8 Å². The molecular formula is C13H20O. The normalized spacial score (nSPS) is 29.9. The Hall–Kier alpha value is -0.770. The zero-order valence-corrected chi connectivity index (χ0v) is 9.74. The van der Waals surface area contributed by atoms with Crippen molar-refractivity contribution >= 4 is 5.78 Å².